The molecule has 20 heavy (non-hydrogen) atoms. The lowest BCUT2D eigenvalue weighted by Crippen LogP contribution is -2.43. The summed E-state index contributed by atoms with van der Waals surface area (Å²) in [6.07, 6.45) is -3.15. The molecule has 3 nitrogen and oxygen atoms in total. The summed E-state index contributed by atoms with van der Waals surface area (Å²) < 4.78 is 40.4. The fraction of sp³-hybridized carbons (Fsp3) is 0.500. The molecule has 0 radical (unpaired) electrons. The number of piperidine rings is 1. The first-order chi connectivity index (χ1) is 9.30. The zero-order chi connectivity index (χ0) is 14.8. The van der Waals surface area contributed by atoms with Crippen LogP contribution in [0.3, 0.4) is 0 Å². The van der Waals surface area contributed by atoms with E-state index in [1.807, 2.05) is 6.92 Å². The number of Topliss-reactive ketones (excluding diaryl/α,β-unsaturated/α-hetero) is 1. The number of benzene rings is 1. The summed E-state index contributed by atoms with van der Waals surface area (Å²) in [5.41, 5.74) is -0.326. The van der Waals surface area contributed by atoms with Crippen LogP contribution in [0.15, 0.2) is 24.3 Å². The third-order valence-electron chi connectivity index (χ3n) is 3.48. The Labute approximate surface area is 115 Å². The molecular weight excluding hydrogens is 271 g/mol. The van der Waals surface area contributed by atoms with Crippen LogP contribution >= 0.6 is 0 Å². The summed E-state index contributed by atoms with van der Waals surface area (Å²) in [5.74, 6) is -0.520. The van der Waals surface area contributed by atoms with Crippen molar-refractivity contribution in [1.82, 2.24) is 5.32 Å². The largest absolute Gasteiger partial charge is 0.573 e. The third kappa shape index (κ3) is 3.50. The van der Waals surface area contributed by atoms with Crippen LogP contribution in [-0.2, 0) is 0 Å². The van der Waals surface area contributed by atoms with Crippen molar-refractivity contribution in [3.05, 3.63) is 29.8 Å². The Morgan fingerprint density at radius 2 is 2.15 bits per heavy atom. The van der Waals surface area contributed by atoms with Gasteiger partial charge in [-0.2, -0.15) is 0 Å². The molecule has 0 aliphatic carbocycles. The molecule has 1 N–H and O–H groups in total. The molecule has 1 aromatic carbocycles. The molecule has 0 spiro atoms. The van der Waals surface area contributed by atoms with Gasteiger partial charge in [0.15, 0.2) is 5.78 Å². The highest BCUT2D eigenvalue weighted by Gasteiger charge is 2.36. The second-order valence-electron chi connectivity index (χ2n) is 5.25. The van der Waals surface area contributed by atoms with E-state index < -0.39 is 11.8 Å². The van der Waals surface area contributed by atoms with Gasteiger partial charge in [-0.3, -0.25) is 4.79 Å². The highest BCUT2D eigenvalue weighted by Crippen LogP contribution is 2.31. The second kappa shape index (κ2) is 5.44. The van der Waals surface area contributed by atoms with Gasteiger partial charge in [-0.25, -0.2) is 0 Å². The average Bonchev–Trinajstić information content (AvgIpc) is 2.37. The Morgan fingerprint density at radius 3 is 2.75 bits per heavy atom. The molecule has 0 bridgehead atoms. The van der Waals surface area contributed by atoms with E-state index in [-0.39, 0.29) is 17.1 Å². The number of hydrogen-bond acceptors (Lipinski definition) is 3. The van der Waals surface area contributed by atoms with Crippen LogP contribution in [0.1, 0.15) is 30.1 Å². The first kappa shape index (κ1) is 14.8. The van der Waals surface area contributed by atoms with E-state index in [4.69, 9.17) is 0 Å². The molecule has 1 aliphatic rings. The molecule has 0 saturated carbocycles. The van der Waals surface area contributed by atoms with Gasteiger partial charge in [0.05, 0.1) is 0 Å². The number of carbonyl (C=O) groups excluding carboxylic acids is 1. The summed E-state index contributed by atoms with van der Waals surface area (Å²) in [7, 11) is 0. The fourth-order valence-corrected chi connectivity index (χ4v) is 2.43. The summed E-state index contributed by atoms with van der Waals surface area (Å²) in [6.45, 7) is 3.23. The van der Waals surface area contributed by atoms with Crippen LogP contribution in [0.4, 0.5) is 13.2 Å². The maximum Gasteiger partial charge on any atom is 0.573 e. The molecule has 1 fully saturated rings. The summed E-state index contributed by atoms with van der Waals surface area (Å²) in [4.78, 5) is 12.5. The molecule has 1 atom stereocenters. The molecule has 2 rings (SSSR count). The second-order valence-corrected chi connectivity index (χ2v) is 5.25. The van der Waals surface area contributed by atoms with Crippen molar-refractivity contribution in [2.24, 2.45) is 5.41 Å². The van der Waals surface area contributed by atoms with Crippen LogP contribution in [-0.4, -0.2) is 25.2 Å². The average molecular weight is 287 g/mol. The molecule has 0 aromatic heterocycles. The van der Waals surface area contributed by atoms with Gasteiger partial charge in [-0.05, 0) is 31.5 Å². The molecule has 0 amide bonds. The quantitative estimate of drug-likeness (QED) is 0.868. The van der Waals surface area contributed by atoms with Gasteiger partial charge in [0.2, 0.25) is 0 Å². The lowest BCUT2D eigenvalue weighted by atomic mass is 9.76. The van der Waals surface area contributed by atoms with Gasteiger partial charge in [-0.15, -0.1) is 13.2 Å². The zero-order valence-electron chi connectivity index (χ0n) is 11.1. The van der Waals surface area contributed by atoms with Gasteiger partial charge in [0.25, 0.3) is 0 Å². The van der Waals surface area contributed by atoms with Crippen LogP contribution in [0.2, 0.25) is 0 Å². The Balaban J connectivity index is 2.20. The zero-order valence-corrected chi connectivity index (χ0v) is 11.1. The summed E-state index contributed by atoms with van der Waals surface area (Å²) >= 11 is 0. The number of halogens is 3. The predicted molar refractivity (Wildman–Crippen MR) is 67.7 cm³/mol. The molecular formula is C14H16F3NO2. The van der Waals surface area contributed by atoms with E-state index in [9.17, 15) is 18.0 Å². The highest BCUT2D eigenvalue weighted by atomic mass is 19.4. The molecule has 1 unspecified atom stereocenters. The minimum absolute atomic E-state index is 0.155. The van der Waals surface area contributed by atoms with Crippen molar-refractivity contribution in [2.75, 3.05) is 13.1 Å². The van der Waals surface area contributed by atoms with E-state index >= 15 is 0 Å². The number of nitrogens with one attached hydrogen (secondary N) is 1. The van der Waals surface area contributed by atoms with Crippen LogP contribution in [0, 0.1) is 5.41 Å². The standard InChI is InChI=1S/C14H16F3NO2/c1-13(6-3-7-18-9-13)12(19)10-4-2-5-11(8-10)20-14(15,16)17/h2,4-5,8,18H,3,6-7,9H2,1H3. The van der Waals surface area contributed by atoms with E-state index in [0.717, 1.165) is 25.5 Å². The SMILES string of the molecule is CC1(C(=O)c2cccc(OC(F)(F)F)c2)CCCNC1. The van der Waals surface area contributed by atoms with Crippen molar-refractivity contribution >= 4 is 5.78 Å². The molecule has 1 saturated heterocycles. The Hall–Kier alpha value is -1.56. The molecule has 1 heterocycles. The van der Waals surface area contributed by atoms with Crippen molar-refractivity contribution in [2.45, 2.75) is 26.1 Å². The molecule has 1 aliphatic heterocycles. The van der Waals surface area contributed by atoms with Crippen LogP contribution in [0.25, 0.3) is 0 Å². The van der Waals surface area contributed by atoms with Crippen molar-refractivity contribution < 1.29 is 22.7 Å². The van der Waals surface area contributed by atoms with Gasteiger partial charge < -0.3 is 10.1 Å². The number of hydrogen-bond donors (Lipinski definition) is 1. The monoisotopic (exact) mass is 287 g/mol. The Morgan fingerprint density at radius 1 is 1.40 bits per heavy atom. The van der Waals surface area contributed by atoms with Crippen molar-refractivity contribution in [3.63, 3.8) is 0 Å². The number of carbonyl (C=O) groups is 1. The summed E-state index contributed by atoms with van der Waals surface area (Å²) in [5, 5.41) is 3.15. The Bertz CT molecular complexity index is 493. The Kier molecular flexibility index (Phi) is 4.04. The topological polar surface area (TPSA) is 38.3 Å². The maximum atomic E-state index is 12.5. The number of ether oxygens (including phenoxy) is 1. The lowest BCUT2D eigenvalue weighted by molar-refractivity contribution is -0.274. The number of ketones is 1. The minimum atomic E-state index is -4.75. The van der Waals surface area contributed by atoms with Crippen molar-refractivity contribution in [1.29, 1.82) is 0 Å². The highest BCUT2D eigenvalue weighted by molar-refractivity contribution is 6.00. The predicted octanol–water partition coefficient (Wildman–Crippen LogP) is 3.16. The minimum Gasteiger partial charge on any atom is -0.406 e. The van der Waals surface area contributed by atoms with Gasteiger partial charge in [0, 0.05) is 17.5 Å². The number of alkyl halides is 3. The van der Waals surface area contributed by atoms with E-state index in [0.29, 0.717) is 6.54 Å². The van der Waals surface area contributed by atoms with Crippen molar-refractivity contribution in [3.8, 4) is 5.75 Å². The van der Waals surface area contributed by atoms with Gasteiger partial charge in [-0.1, -0.05) is 19.1 Å². The van der Waals surface area contributed by atoms with E-state index in [1.54, 1.807) is 0 Å². The lowest BCUT2D eigenvalue weighted by Gasteiger charge is -2.32. The first-order valence-electron chi connectivity index (χ1n) is 6.41. The molecule has 1 aromatic rings. The van der Waals surface area contributed by atoms with Gasteiger partial charge in [0.1, 0.15) is 5.75 Å². The first-order valence-corrected chi connectivity index (χ1v) is 6.41. The molecule has 6 heteroatoms. The van der Waals surface area contributed by atoms with Crippen LogP contribution < -0.4 is 10.1 Å². The van der Waals surface area contributed by atoms with E-state index in [2.05, 4.69) is 10.1 Å². The number of rotatable bonds is 3. The third-order valence-corrected chi connectivity index (χ3v) is 3.48. The van der Waals surface area contributed by atoms with Crippen LogP contribution in [0.5, 0.6) is 5.75 Å². The smallest absolute Gasteiger partial charge is 0.406 e. The fourth-order valence-electron chi connectivity index (χ4n) is 2.43. The normalized spacial score (nSPS) is 23.4. The summed E-state index contributed by atoms with van der Waals surface area (Å²) in [6, 6.07) is 5.25. The van der Waals surface area contributed by atoms with Gasteiger partial charge >= 0.3 is 6.36 Å². The van der Waals surface area contributed by atoms with E-state index in [1.165, 1.54) is 18.2 Å². The molecule has 110 valence electrons. The maximum absolute atomic E-state index is 12.5.